The van der Waals surface area contributed by atoms with Crippen LogP contribution in [0.15, 0.2) is 53.7 Å². The number of sulfone groups is 1. The van der Waals surface area contributed by atoms with E-state index in [1.165, 1.54) is 41.0 Å². The highest BCUT2D eigenvalue weighted by Crippen LogP contribution is 2.48. The second kappa shape index (κ2) is 21.9. The van der Waals surface area contributed by atoms with Gasteiger partial charge in [0.15, 0.2) is 27.4 Å². The first-order chi connectivity index (χ1) is 39.9. The third-order valence-corrected chi connectivity index (χ3v) is 20.7. The molecular weight excluding hydrogens is 1130 g/mol. The smallest absolute Gasteiger partial charge is 0.248 e. The van der Waals surface area contributed by atoms with Crippen molar-refractivity contribution in [3.05, 3.63) is 71.7 Å². The fourth-order valence-corrected chi connectivity index (χ4v) is 15.6. The molecule has 4 saturated carbocycles. The van der Waals surface area contributed by atoms with Crippen LogP contribution in [-0.4, -0.2) is 167 Å². The number of pyridine rings is 2. The first-order valence-corrected chi connectivity index (χ1v) is 31.5. The normalized spacial score (nSPS) is 26.2. The Morgan fingerprint density at radius 1 is 0.771 bits per heavy atom. The van der Waals surface area contributed by atoms with Crippen molar-refractivity contribution in [1.29, 1.82) is 0 Å². The maximum atomic E-state index is 14.3. The first kappa shape index (κ1) is 55.7. The molecule has 0 spiro atoms. The number of nitrogens with zero attached hydrogens (tertiary/aromatic N) is 9. The Labute approximate surface area is 484 Å². The van der Waals surface area contributed by atoms with Crippen LogP contribution in [-0.2, 0) is 24.1 Å². The molecule has 6 fully saturated rings. The second-order valence-electron chi connectivity index (χ2n) is 23.0. The highest BCUT2D eigenvalue weighted by molar-refractivity contribution is 7.91. The van der Waals surface area contributed by atoms with E-state index >= 15 is 0 Å². The van der Waals surface area contributed by atoms with Gasteiger partial charge < -0.3 is 60.8 Å². The molecule has 6 aromatic heterocycles. The number of benzene rings is 1. The van der Waals surface area contributed by atoms with Crippen molar-refractivity contribution < 1.29 is 52.2 Å². The van der Waals surface area contributed by atoms with Gasteiger partial charge in [0.25, 0.3) is 0 Å². The van der Waals surface area contributed by atoms with Crippen LogP contribution in [0.2, 0.25) is 0 Å². The van der Waals surface area contributed by atoms with Gasteiger partial charge in [0.1, 0.15) is 51.2 Å². The molecule has 438 valence electrons. The van der Waals surface area contributed by atoms with Crippen LogP contribution in [0, 0.1) is 31.5 Å². The van der Waals surface area contributed by atoms with Gasteiger partial charge in [-0.2, -0.15) is 9.97 Å². The molecule has 1 amide bonds. The second-order valence-corrected chi connectivity index (χ2v) is 27.1. The van der Waals surface area contributed by atoms with Gasteiger partial charge in [0.05, 0.1) is 73.1 Å². The van der Waals surface area contributed by atoms with E-state index in [0.29, 0.717) is 88.8 Å². The fraction of sp³-hybridized carbons (Fsp3) is 0.518. The maximum Gasteiger partial charge on any atom is 0.248 e. The number of aliphatic hydroxyl groups excluding tert-OH is 1. The molecule has 7 aromatic rings. The van der Waals surface area contributed by atoms with E-state index in [9.17, 15) is 38.0 Å². The summed E-state index contributed by atoms with van der Waals surface area (Å²) in [7, 11) is -4.12. The number of anilines is 4. The topological polar surface area (TPSA) is 314 Å². The number of aryl methyl sites for hydroxylation is 2. The molecule has 7 unspecified atom stereocenters. The van der Waals surface area contributed by atoms with Gasteiger partial charge in [-0.1, -0.05) is 0 Å². The molecule has 4 aliphatic carbocycles. The molecule has 13 rings (SSSR count). The molecular formula is C56H64FN13O10S3. The lowest BCUT2D eigenvalue weighted by atomic mass is 10.0. The Balaban J connectivity index is 0.873. The monoisotopic (exact) mass is 1190 g/mol. The van der Waals surface area contributed by atoms with E-state index in [1.54, 1.807) is 24.1 Å². The molecule has 27 heteroatoms. The van der Waals surface area contributed by atoms with Crippen molar-refractivity contribution in [3.63, 3.8) is 0 Å². The summed E-state index contributed by atoms with van der Waals surface area (Å²) >= 11 is 2.70. The van der Waals surface area contributed by atoms with Gasteiger partial charge >= 0.3 is 0 Å². The highest BCUT2D eigenvalue weighted by Gasteiger charge is 2.53. The molecule has 7 atom stereocenters. The van der Waals surface area contributed by atoms with E-state index in [-0.39, 0.29) is 90.7 Å². The fourth-order valence-electron chi connectivity index (χ4n) is 11.8. The minimum atomic E-state index is -4.12. The molecule has 0 radical (unpaired) electrons. The minimum absolute atomic E-state index is 0.0153. The van der Waals surface area contributed by atoms with Crippen molar-refractivity contribution in [3.8, 4) is 27.0 Å². The summed E-state index contributed by atoms with van der Waals surface area (Å²) in [6.45, 7) is 5.81. The third-order valence-electron chi connectivity index (χ3n) is 16.8. The lowest BCUT2D eigenvalue weighted by Gasteiger charge is -2.34. The molecule has 83 heavy (non-hydrogen) atoms. The Bertz CT molecular complexity index is 3730. The summed E-state index contributed by atoms with van der Waals surface area (Å²) in [5.41, 5.74) is -0.943. The van der Waals surface area contributed by atoms with Crippen molar-refractivity contribution in [2.24, 2.45) is 11.8 Å². The third kappa shape index (κ3) is 11.4. The van der Waals surface area contributed by atoms with Crippen LogP contribution in [0.4, 0.5) is 27.9 Å². The van der Waals surface area contributed by atoms with Gasteiger partial charge in [-0.15, -0.1) is 22.7 Å². The lowest BCUT2D eigenvalue weighted by molar-refractivity contribution is -0.144. The molecule has 0 bridgehead atoms. The molecule has 6 aliphatic rings. The van der Waals surface area contributed by atoms with Crippen LogP contribution in [0.25, 0.3) is 41.6 Å². The molecule has 23 nitrogen and oxygen atoms in total. The van der Waals surface area contributed by atoms with Crippen LogP contribution in [0.5, 0.6) is 5.88 Å². The molecule has 8 heterocycles. The number of carbonyl (C=O) groups is 1. The maximum absolute atomic E-state index is 14.3. The van der Waals surface area contributed by atoms with Gasteiger partial charge in [0, 0.05) is 56.4 Å². The quantitative estimate of drug-likeness (QED) is 0.0343. The largest absolute Gasteiger partial charge is 0.467 e. The molecule has 2 aliphatic heterocycles. The van der Waals surface area contributed by atoms with Crippen molar-refractivity contribution in [1.82, 2.24) is 44.8 Å². The molecule has 2 saturated heterocycles. The van der Waals surface area contributed by atoms with E-state index in [1.807, 2.05) is 13.0 Å². The first-order valence-electron chi connectivity index (χ1n) is 28.2. The van der Waals surface area contributed by atoms with Gasteiger partial charge in [0.2, 0.25) is 23.7 Å². The van der Waals surface area contributed by atoms with Crippen LogP contribution in [0.1, 0.15) is 87.2 Å². The Hall–Kier alpha value is -6.43. The van der Waals surface area contributed by atoms with Gasteiger partial charge in [-0.25, -0.2) is 37.7 Å². The average molecular weight is 1190 g/mol. The number of aromatic nitrogens is 8. The molecule has 8 N–H and O–H groups in total. The van der Waals surface area contributed by atoms with Gasteiger partial charge in [-0.3, -0.25) is 9.78 Å². The SMILES string of the molecule is Cc1nc(NCC2(O)CC2)nc(NC2(O)CCC(CN3CCOCC3=O)C2O)c1-c1nc2c(OC3C(CS(=O)(=O)c4ccc(F)cc4)CCC3(O)Nc3nc(NC4CCCOC4)nc(C)c3-c3nc4c(C5CC5)nccc4s3)nccc2s1. The highest BCUT2D eigenvalue weighted by atomic mass is 32.2. The number of hydrogen-bond acceptors (Lipinski definition) is 24. The molecule has 1 aromatic carbocycles. The van der Waals surface area contributed by atoms with Crippen molar-refractivity contribution in [2.75, 3.05) is 73.1 Å². The number of thiazole rings is 2. The van der Waals surface area contributed by atoms with Crippen LogP contribution in [0.3, 0.4) is 0 Å². The summed E-state index contributed by atoms with van der Waals surface area (Å²) in [5, 5.41) is 62.3. The predicted octanol–water partition coefficient (Wildman–Crippen LogP) is 5.93. The summed E-state index contributed by atoms with van der Waals surface area (Å²) in [5.74, 6) is -1.53. The van der Waals surface area contributed by atoms with E-state index in [0.717, 1.165) is 53.7 Å². The Morgan fingerprint density at radius 3 is 2.13 bits per heavy atom. The lowest BCUT2D eigenvalue weighted by Crippen LogP contribution is -2.51. The standard InChI is InChI=1S/C56H64FN13O10S3/c1-29-40(47(66-52(61-29)60-28-54(73)17-18-54)68-55(74)15-11-32(45(55)72)24-70-21-23-79-26-39(70)71)51-65-44-38(82-51)14-20-59-49(44)80-46-33(27-83(76,77)36-9-7-34(57)8-10-36)12-16-56(46,75)69-48-41(30(2)62-53(67-48)63-35-4-3-22-78-25-35)50-64-43-37(81-50)13-19-58-42(43)31-5-6-31/h7-10,13-14,19-20,31-33,35,45-46,72-75H,3-6,11-12,15-18,21-28H2,1-2H3,(H2,60,61,66,68)(H2,62,63,67,69). The minimum Gasteiger partial charge on any atom is -0.467 e. The van der Waals surface area contributed by atoms with E-state index < -0.39 is 62.5 Å². The number of fused-ring (bicyclic) bond motifs is 2. The van der Waals surface area contributed by atoms with Crippen molar-refractivity contribution in [2.45, 2.75) is 124 Å². The van der Waals surface area contributed by atoms with Crippen LogP contribution >= 0.6 is 22.7 Å². The Morgan fingerprint density at radius 2 is 1.43 bits per heavy atom. The zero-order valence-corrected chi connectivity index (χ0v) is 48.1. The van der Waals surface area contributed by atoms with Crippen molar-refractivity contribution >= 4 is 82.4 Å². The predicted molar refractivity (Wildman–Crippen MR) is 307 cm³/mol. The number of ether oxygens (including phenoxy) is 3. The summed E-state index contributed by atoms with van der Waals surface area (Å²) in [6, 6.07) is 8.20. The summed E-state index contributed by atoms with van der Waals surface area (Å²) < 4.78 is 62.4. The van der Waals surface area contributed by atoms with E-state index in [2.05, 4.69) is 26.3 Å². The Kier molecular flexibility index (Phi) is 14.7. The van der Waals surface area contributed by atoms with Crippen LogP contribution < -0.4 is 26.0 Å². The number of amides is 1. The zero-order valence-electron chi connectivity index (χ0n) is 45.7. The summed E-state index contributed by atoms with van der Waals surface area (Å²) in [6.07, 6.45) is 6.25. The number of halogens is 1. The number of rotatable bonds is 19. The van der Waals surface area contributed by atoms with E-state index in [4.69, 9.17) is 49.1 Å². The number of morpholine rings is 1. The average Bonchev–Trinajstić information content (AvgIpc) is 4.04. The number of nitrogens with one attached hydrogen (secondary N) is 4. The number of hydrogen-bond donors (Lipinski definition) is 8. The zero-order chi connectivity index (χ0) is 57.4. The number of carbonyl (C=O) groups excluding carboxylic acids is 1. The van der Waals surface area contributed by atoms with Gasteiger partial charge in [-0.05, 0) is 114 Å². The number of aliphatic hydroxyl groups is 4. The summed E-state index contributed by atoms with van der Waals surface area (Å²) in [4.78, 5) is 53.4.